The van der Waals surface area contributed by atoms with Crippen LogP contribution >= 0.6 is 0 Å². The summed E-state index contributed by atoms with van der Waals surface area (Å²) in [5.41, 5.74) is 0. The average molecular weight is 1310 g/mol. The first-order valence-electron chi connectivity index (χ1n) is 29.7. The highest BCUT2D eigenvalue weighted by Gasteiger charge is 2.89. The Morgan fingerprint density at radius 1 is 0.400 bits per heavy atom. The van der Waals surface area contributed by atoms with Gasteiger partial charge < -0.3 is 113 Å². The van der Waals surface area contributed by atoms with E-state index in [1.807, 2.05) is 0 Å². The van der Waals surface area contributed by atoms with Gasteiger partial charge in [0.15, 0.2) is 0 Å². The topological polar surface area (TPSA) is 521 Å². The van der Waals surface area contributed by atoms with E-state index in [9.17, 15) is 104 Å². The molecule has 0 bridgehead atoms. The molecule has 0 aliphatic carbocycles. The van der Waals surface area contributed by atoms with E-state index in [0.717, 1.165) is 0 Å². The lowest BCUT2D eigenvalue weighted by molar-refractivity contribution is -0.559. The predicted octanol–water partition coefficient (Wildman–Crippen LogP) is -0.721. The van der Waals surface area contributed by atoms with Crippen LogP contribution in [0.4, 0.5) is 0 Å². The highest BCUT2D eigenvalue weighted by atomic mass is 16.9. The van der Waals surface area contributed by atoms with E-state index in [-0.39, 0.29) is 32.1 Å². The number of aliphatic hydroxyl groups is 11. The number of carbonyl (C=O) groups is 11. The van der Waals surface area contributed by atoms with E-state index in [1.165, 1.54) is 69.2 Å². The van der Waals surface area contributed by atoms with Gasteiger partial charge in [0.1, 0.15) is 31.0 Å². The Hall–Kier alpha value is -6.31. The molecule has 0 radical (unpaired) electrons. The number of rotatable bonds is 41. The smallest absolute Gasteiger partial charge is 0.448 e. The zero-order valence-electron chi connectivity index (χ0n) is 52.3. The Kier molecular flexibility index (Phi) is 32.7. The molecule has 518 valence electrons. The van der Waals surface area contributed by atoms with Gasteiger partial charge in [-0.05, 0) is 64.2 Å². The third kappa shape index (κ3) is 18.7. The molecule has 1 saturated heterocycles. The molecular weight excluding hydrogens is 1220 g/mol. The summed E-state index contributed by atoms with van der Waals surface area (Å²) in [5.74, 6) is -64.3. The average Bonchev–Trinajstić information content (AvgIpc) is 0.703. The molecule has 0 saturated carbocycles. The van der Waals surface area contributed by atoms with Gasteiger partial charge in [0.25, 0.3) is 0 Å². The highest BCUT2D eigenvalue weighted by Crippen LogP contribution is 2.53. The molecule has 34 nitrogen and oxygen atoms in total. The fourth-order valence-electron chi connectivity index (χ4n) is 8.53. The second kappa shape index (κ2) is 36.1. The van der Waals surface area contributed by atoms with Gasteiger partial charge in [0, 0.05) is 64.2 Å². The Labute approximate surface area is 518 Å². The quantitative estimate of drug-likeness (QED) is 0.0204. The van der Waals surface area contributed by atoms with Gasteiger partial charge in [0.05, 0.1) is 6.61 Å². The summed E-state index contributed by atoms with van der Waals surface area (Å²) in [5, 5.41) is 134. The van der Waals surface area contributed by atoms with Crippen molar-refractivity contribution < 1.29 is 166 Å². The monoisotopic (exact) mass is 1310 g/mol. The minimum atomic E-state index is -5.77. The molecule has 3 unspecified atom stereocenters. The van der Waals surface area contributed by atoms with Crippen LogP contribution in [0.2, 0.25) is 0 Å². The second-order valence-corrected chi connectivity index (χ2v) is 20.8. The normalized spacial score (nSPS) is 21.3. The van der Waals surface area contributed by atoms with Crippen LogP contribution in [0.15, 0.2) is 0 Å². The molecule has 0 aromatic rings. The summed E-state index contributed by atoms with van der Waals surface area (Å²) >= 11 is 0. The lowest BCUT2D eigenvalue weighted by atomic mass is 9.82. The summed E-state index contributed by atoms with van der Waals surface area (Å²) in [6.07, 6.45) is -28.9. The van der Waals surface area contributed by atoms with E-state index in [2.05, 4.69) is 0 Å². The summed E-state index contributed by atoms with van der Waals surface area (Å²) in [7, 11) is 0. The van der Waals surface area contributed by atoms with Crippen molar-refractivity contribution in [2.24, 2.45) is 0 Å². The Balaban J connectivity index is 5.84. The summed E-state index contributed by atoms with van der Waals surface area (Å²) in [6.45, 7) is 8.65. The van der Waals surface area contributed by atoms with Crippen LogP contribution in [0.5, 0.6) is 0 Å². The van der Waals surface area contributed by atoms with Gasteiger partial charge in [-0.25, -0.2) is 4.79 Å². The molecule has 1 aliphatic rings. The Morgan fingerprint density at radius 2 is 0.711 bits per heavy atom. The number of carbonyl (C=O) groups excluding carboxylic acids is 11. The van der Waals surface area contributed by atoms with Crippen molar-refractivity contribution in [3.8, 4) is 0 Å². The van der Waals surface area contributed by atoms with Crippen LogP contribution in [0.3, 0.4) is 0 Å². The lowest BCUT2D eigenvalue weighted by Gasteiger charge is -2.55. The summed E-state index contributed by atoms with van der Waals surface area (Å²) < 4.78 is 64.6. The predicted molar refractivity (Wildman–Crippen MR) is 292 cm³/mol. The van der Waals surface area contributed by atoms with E-state index < -0.39 is 252 Å². The summed E-state index contributed by atoms with van der Waals surface area (Å²) in [6, 6.07) is 0. The standard InChI is InChI=1S/C56H90O34/c1-11-21-34(59)79-47(50(74)46(71)45(70)44(69)33(31-57)80-50)51(82-36(61)23-13-3,83-37(62)24-14-4)52(84-38(63)25-15-5,85-39(64)26-16-6)48(72)90-56(78,89-43(68)30-20-10)55(77,88-42(67)29-19-9)54(76,87-41(66)28-18-8)53(75,86-40(65)27-17-7)49(73,32-58)81-35(60)22-12-2/h33,44-47,57-58,69-71,73-78H,11-32H2,1-10H3/t33-,44-,45+,46-,47?,49+,50?,53-,54-,55-,56?/m1/s1. The van der Waals surface area contributed by atoms with Gasteiger partial charge in [-0.3, -0.25) is 47.9 Å². The van der Waals surface area contributed by atoms with Crippen LogP contribution in [0.25, 0.3) is 0 Å². The van der Waals surface area contributed by atoms with Crippen molar-refractivity contribution in [3.63, 3.8) is 0 Å². The highest BCUT2D eigenvalue weighted by molar-refractivity contribution is 5.89. The van der Waals surface area contributed by atoms with Gasteiger partial charge in [-0.2, -0.15) is 0 Å². The maximum Gasteiger partial charge on any atom is 0.451 e. The molecule has 34 heteroatoms. The summed E-state index contributed by atoms with van der Waals surface area (Å²) in [4.78, 5) is 159. The van der Waals surface area contributed by atoms with Gasteiger partial charge in [-0.1, -0.05) is 69.2 Å². The third-order valence-corrected chi connectivity index (χ3v) is 12.9. The van der Waals surface area contributed by atoms with Gasteiger partial charge in [0.2, 0.25) is 11.9 Å². The van der Waals surface area contributed by atoms with Crippen LogP contribution < -0.4 is 0 Å². The molecular formula is C56H90O34. The van der Waals surface area contributed by atoms with E-state index in [0.29, 0.717) is 0 Å². The maximum absolute atomic E-state index is 16.6. The molecule has 0 spiro atoms. The number of aliphatic hydroxyl groups excluding tert-OH is 5. The first kappa shape index (κ1) is 81.7. The zero-order chi connectivity index (χ0) is 69.3. The first-order chi connectivity index (χ1) is 42.0. The van der Waals surface area contributed by atoms with Crippen LogP contribution in [-0.4, -0.2) is 212 Å². The van der Waals surface area contributed by atoms with Crippen LogP contribution in [0, 0.1) is 0 Å². The largest absolute Gasteiger partial charge is 0.451 e. The molecule has 11 N–H and O–H groups in total. The molecule has 0 amide bonds. The third-order valence-electron chi connectivity index (χ3n) is 12.9. The molecule has 1 aliphatic heterocycles. The van der Waals surface area contributed by atoms with Gasteiger partial charge in [-0.15, -0.1) is 0 Å². The SMILES string of the molecule is CCCC(=O)OC(C1(O)O[C@H](CO)[C@@H](O)[C@H](O)[C@H]1O)C(OC(=O)CCC)(OC(=O)CCC)C(OC(=O)CCC)(OC(=O)CCC)C(=O)OC(O)(OC(=O)CCC)[C@](O)(OC(=O)CCC)[C@](O)(OC(=O)CCC)[C@](O)(OC(=O)CCC)[C@](O)(CO)OC(=O)CCC. The molecule has 11 atom stereocenters. The van der Waals surface area contributed by atoms with Crippen molar-refractivity contribution in [3.05, 3.63) is 0 Å². The molecule has 90 heavy (non-hydrogen) atoms. The number of esters is 11. The molecule has 0 aromatic carbocycles. The molecule has 1 fully saturated rings. The molecule has 0 aromatic heterocycles. The van der Waals surface area contributed by atoms with Crippen molar-refractivity contribution in [2.75, 3.05) is 13.2 Å². The van der Waals surface area contributed by atoms with E-state index in [1.54, 1.807) is 0 Å². The molecule has 1 heterocycles. The fourth-order valence-corrected chi connectivity index (χ4v) is 8.53. The molecule has 1 rings (SSSR count). The van der Waals surface area contributed by atoms with Crippen molar-refractivity contribution in [2.45, 2.75) is 275 Å². The van der Waals surface area contributed by atoms with Crippen molar-refractivity contribution in [1.29, 1.82) is 0 Å². The number of hydrogen-bond acceptors (Lipinski definition) is 34. The van der Waals surface area contributed by atoms with E-state index in [4.69, 9.17) is 56.8 Å². The minimum absolute atomic E-state index is 0.214. The second-order valence-electron chi connectivity index (χ2n) is 20.8. The van der Waals surface area contributed by atoms with E-state index >= 15 is 4.79 Å². The number of ether oxygens (including phenoxy) is 12. The van der Waals surface area contributed by atoms with Gasteiger partial charge >= 0.3 is 106 Å². The lowest BCUT2D eigenvalue weighted by Crippen LogP contribution is -2.86. The van der Waals surface area contributed by atoms with Crippen LogP contribution in [0.1, 0.15) is 198 Å². The minimum Gasteiger partial charge on any atom is -0.448 e. The maximum atomic E-state index is 16.6. The number of hydrogen-bond donors (Lipinski definition) is 11. The first-order valence-corrected chi connectivity index (χ1v) is 29.7. The fraction of sp³-hybridized carbons (Fsp3) is 0.804. The van der Waals surface area contributed by atoms with Crippen LogP contribution in [-0.2, 0) is 110 Å². The Morgan fingerprint density at radius 3 is 1.07 bits per heavy atom. The van der Waals surface area contributed by atoms with Crippen molar-refractivity contribution in [1.82, 2.24) is 0 Å². The Bertz CT molecular complexity index is 2390. The zero-order valence-corrected chi connectivity index (χ0v) is 52.3. The van der Waals surface area contributed by atoms with Crippen molar-refractivity contribution >= 4 is 65.7 Å².